The molecule has 0 amide bonds. The molecule has 0 radical (unpaired) electrons. The van der Waals surface area contributed by atoms with E-state index >= 15 is 0 Å². The minimum absolute atomic E-state index is 0.451. The van der Waals surface area contributed by atoms with Gasteiger partial charge in [-0.15, -0.1) is 0 Å². The van der Waals surface area contributed by atoms with Crippen molar-refractivity contribution >= 4 is 0 Å². The van der Waals surface area contributed by atoms with E-state index in [0.29, 0.717) is 12.7 Å². The number of rotatable bonds is 5. The fraction of sp³-hybridized carbons (Fsp3) is 1.00. The van der Waals surface area contributed by atoms with E-state index in [1.165, 1.54) is 19.4 Å². The van der Waals surface area contributed by atoms with E-state index < -0.39 is 0 Å². The summed E-state index contributed by atoms with van der Waals surface area (Å²) in [5, 5.41) is 3.35. The second kappa shape index (κ2) is 6.40. The minimum Gasteiger partial charge on any atom is -0.356 e. The van der Waals surface area contributed by atoms with Gasteiger partial charge in [0, 0.05) is 13.2 Å². The normalized spacial score (nSPS) is 24.2. The van der Waals surface area contributed by atoms with Crippen LogP contribution in [0.4, 0.5) is 0 Å². The van der Waals surface area contributed by atoms with Gasteiger partial charge in [-0.05, 0) is 32.2 Å². The molecule has 3 nitrogen and oxygen atoms in total. The highest BCUT2D eigenvalue weighted by molar-refractivity contribution is 4.67. The van der Waals surface area contributed by atoms with Crippen LogP contribution in [0.15, 0.2) is 0 Å². The summed E-state index contributed by atoms with van der Waals surface area (Å²) in [7, 11) is 0. The molecule has 0 aliphatic carbocycles. The monoisotopic (exact) mass is 173 g/mol. The van der Waals surface area contributed by atoms with Crippen LogP contribution in [0.3, 0.4) is 0 Å². The topological polar surface area (TPSA) is 30.5 Å². The minimum atomic E-state index is 0.451. The van der Waals surface area contributed by atoms with E-state index in [1.807, 2.05) is 6.92 Å². The van der Waals surface area contributed by atoms with E-state index in [2.05, 4.69) is 5.32 Å². The number of ether oxygens (including phenoxy) is 2. The SMILES string of the molecule is CCOCOCC1CCCNC1. The van der Waals surface area contributed by atoms with Crippen LogP contribution >= 0.6 is 0 Å². The zero-order valence-electron chi connectivity index (χ0n) is 7.84. The third-order valence-corrected chi connectivity index (χ3v) is 2.12. The van der Waals surface area contributed by atoms with Crippen molar-refractivity contribution in [3.63, 3.8) is 0 Å². The molecule has 0 bridgehead atoms. The lowest BCUT2D eigenvalue weighted by molar-refractivity contribution is -0.0621. The molecule has 0 aromatic carbocycles. The number of nitrogens with one attached hydrogen (secondary N) is 1. The van der Waals surface area contributed by atoms with E-state index in [0.717, 1.165) is 19.8 Å². The van der Waals surface area contributed by atoms with Gasteiger partial charge in [0.15, 0.2) is 0 Å². The van der Waals surface area contributed by atoms with Crippen molar-refractivity contribution in [1.82, 2.24) is 5.32 Å². The number of hydrogen-bond donors (Lipinski definition) is 1. The summed E-state index contributed by atoms with van der Waals surface area (Å²) in [5.41, 5.74) is 0. The van der Waals surface area contributed by atoms with Crippen molar-refractivity contribution in [2.45, 2.75) is 19.8 Å². The highest BCUT2D eigenvalue weighted by Crippen LogP contribution is 2.09. The molecular formula is C9H19NO2. The Hall–Kier alpha value is -0.120. The van der Waals surface area contributed by atoms with Crippen molar-refractivity contribution in [3.05, 3.63) is 0 Å². The van der Waals surface area contributed by atoms with Crippen LogP contribution in [-0.4, -0.2) is 33.1 Å². The van der Waals surface area contributed by atoms with Gasteiger partial charge >= 0.3 is 0 Å². The van der Waals surface area contributed by atoms with Crippen LogP contribution in [0.5, 0.6) is 0 Å². The van der Waals surface area contributed by atoms with Crippen LogP contribution in [0, 0.1) is 5.92 Å². The summed E-state index contributed by atoms with van der Waals surface area (Å²) in [6.45, 7) is 6.28. The first kappa shape index (κ1) is 9.96. The summed E-state index contributed by atoms with van der Waals surface area (Å²) in [6, 6.07) is 0. The Kier molecular flexibility index (Phi) is 5.32. The molecule has 72 valence electrons. The highest BCUT2D eigenvalue weighted by atomic mass is 16.7. The smallest absolute Gasteiger partial charge is 0.146 e. The Bertz CT molecular complexity index is 103. The molecule has 3 heteroatoms. The van der Waals surface area contributed by atoms with E-state index in [4.69, 9.17) is 9.47 Å². The number of piperidine rings is 1. The molecule has 0 aromatic rings. The van der Waals surface area contributed by atoms with Crippen LogP contribution < -0.4 is 5.32 Å². The Labute approximate surface area is 74.4 Å². The summed E-state index contributed by atoms with van der Waals surface area (Å²) < 4.78 is 10.4. The van der Waals surface area contributed by atoms with Gasteiger partial charge in [0.05, 0.1) is 6.61 Å². The molecule has 1 N–H and O–H groups in total. The van der Waals surface area contributed by atoms with Crippen molar-refractivity contribution in [2.75, 3.05) is 33.1 Å². The molecule has 1 heterocycles. The van der Waals surface area contributed by atoms with Crippen molar-refractivity contribution in [2.24, 2.45) is 5.92 Å². The second-order valence-electron chi connectivity index (χ2n) is 3.19. The molecule has 1 fully saturated rings. The predicted molar refractivity (Wildman–Crippen MR) is 48.0 cm³/mol. The molecule has 0 aromatic heterocycles. The first-order valence-corrected chi connectivity index (χ1v) is 4.79. The first-order chi connectivity index (χ1) is 5.93. The summed E-state index contributed by atoms with van der Waals surface area (Å²) in [6.07, 6.45) is 2.57. The Balaban J connectivity index is 1.91. The average Bonchev–Trinajstić information content (AvgIpc) is 2.14. The van der Waals surface area contributed by atoms with Crippen LogP contribution in [-0.2, 0) is 9.47 Å². The molecule has 0 spiro atoms. The average molecular weight is 173 g/mol. The molecule has 1 rings (SSSR count). The van der Waals surface area contributed by atoms with E-state index in [-0.39, 0.29) is 0 Å². The lowest BCUT2D eigenvalue weighted by atomic mass is 10.0. The maximum atomic E-state index is 5.35. The van der Waals surface area contributed by atoms with Gasteiger partial charge in [-0.3, -0.25) is 0 Å². The molecule has 0 saturated carbocycles. The van der Waals surface area contributed by atoms with Gasteiger partial charge in [-0.1, -0.05) is 0 Å². The third-order valence-electron chi connectivity index (χ3n) is 2.12. The van der Waals surface area contributed by atoms with Crippen molar-refractivity contribution in [1.29, 1.82) is 0 Å². The van der Waals surface area contributed by atoms with Gasteiger partial charge in [-0.2, -0.15) is 0 Å². The van der Waals surface area contributed by atoms with Crippen LogP contribution in [0.2, 0.25) is 0 Å². The summed E-state index contributed by atoms with van der Waals surface area (Å²) in [5.74, 6) is 0.694. The fourth-order valence-electron chi connectivity index (χ4n) is 1.42. The molecule has 1 unspecified atom stereocenters. The predicted octanol–water partition coefficient (Wildman–Crippen LogP) is 0.997. The maximum absolute atomic E-state index is 5.35. The Morgan fingerprint density at radius 1 is 1.42 bits per heavy atom. The van der Waals surface area contributed by atoms with Gasteiger partial charge in [0.25, 0.3) is 0 Å². The maximum Gasteiger partial charge on any atom is 0.146 e. The quantitative estimate of drug-likeness (QED) is 0.497. The highest BCUT2D eigenvalue weighted by Gasteiger charge is 2.12. The Morgan fingerprint density at radius 3 is 3.00 bits per heavy atom. The lowest BCUT2D eigenvalue weighted by Gasteiger charge is -2.22. The summed E-state index contributed by atoms with van der Waals surface area (Å²) >= 11 is 0. The van der Waals surface area contributed by atoms with Gasteiger partial charge in [-0.25, -0.2) is 0 Å². The van der Waals surface area contributed by atoms with Crippen LogP contribution in [0.1, 0.15) is 19.8 Å². The first-order valence-electron chi connectivity index (χ1n) is 4.79. The molecule has 1 aliphatic rings. The van der Waals surface area contributed by atoms with Gasteiger partial charge in [0.2, 0.25) is 0 Å². The standard InChI is InChI=1S/C9H19NO2/c1-2-11-8-12-7-9-4-3-5-10-6-9/h9-10H,2-8H2,1H3. The molecule has 12 heavy (non-hydrogen) atoms. The largest absolute Gasteiger partial charge is 0.356 e. The molecule has 1 saturated heterocycles. The van der Waals surface area contributed by atoms with Crippen molar-refractivity contribution < 1.29 is 9.47 Å². The molecule has 1 aliphatic heterocycles. The summed E-state index contributed by atoms with van der Waals surface area (Å²) in [4.78, 5) is 0. The second-order valence-corrected chi connectivity index (χ2v) is 3.19. The molecular weight excluding hydrogens is 154 g/mol. The van der Waals surface area contributed by atoms with Gasteiger partial charge in [0.1, 0.15) is 6.79 Å². The van der Waals surface area contributed by atoms with Gasteiger partial charge < -0.3 is 14.8 Å². The van der Waals surface area contributed by atoms with Crippen LogP contribution in [0.25, 0.3) is 0 Å². The third kappa shape index (κ3) is 4.04. The molecule has 1 atom stereocenters. The number of hydrogen-bond acceptors (Lipinski definition) is 3. The Morgan fingerprint density at radius 2 is 2.33 bits per heavy atom. The van der Waals surface area contributed by atoms with E-state index in [1.54, 1.807) is 0 Å². The van der Waals surface area contributed by atoms with Crippen molar-refractivity contribution in [3.8, 4) is 0 Å². The van der Waals surface area contributed by atoms with E-state index in [9.17, 15) is 0 Å². The fourth-order valence-corrected chi connectivity index (χ4v) is 1.42. The zero-order chi connectivity index (χ0) is 8.65. The zero-order valence-corrected chi connectivity index (χ0v) is 7.84. The lowest BCUT2D eigenvalue weighted by Crippen LogP contribution is -2.32.